The highest BCUT2D eigenvalue weighted by molar-refractivity contribution is 5.77. The van der Waals surface area contributed by atoms with E-state index >= 15 is 0 Å². The van der Waals surface area contributed by atoms with Gasteiger partial charge in [-0.05, 0) is 50.6 Å². The number of likely N-dealkylation sites (N-methyl/N-ethyl adjacent to an activating group) is 1. The van der Waals surface area contributed by atoms with Gasteiger partial charge in [0.1, 0.15) is 5.75 Å². The summed E-state index contributed by atoms with van der Waals surface area (Å²) in [6.45, 7) is 6.77. The molecule has 1 atom stereocenters. The molecule has 0 unspecified atom stereocenters. The number of rotatable bonds is 10. The molecule has 1 fully saturated rings. The van der Waals surface area contributed by atoms with Gasteiger partial charge < -0.3 is 25.4 Å². The summed E-state index contributed by atoms with van der Waals surface area (Å²) in [7, 11) is 0. The number of carbonyl (C=O) groups excluding carboxylic acids is 1. The minimum Gasteiger partial charge on any atom is -0.484 e. The normalized spacial score (nSPS) is 16.1. The number of ether oxygens (including phenoxy) is 1. The fraction of sp³-hybridized carbons (Fsp3) is 0.611. The number of nitrogens with zero attached hydrogens (tertiary/aromatic N) is 1. The minimum atomic E-state index is -0.331. The molecule has 1 saturated heterocycles. The van der Waals surface area contributed by atoms with Gasteiger partial charge in [0.25, 0.3) is 5.91 Å². The van der Waals surface area contributed by atoms with E-state index in [2.05, 4.69) is 15.5 Å². The first-order valence-electron chi connectivity index (χ1n) is 8.77. The molecule has 0 radical (unpaired) electrons. The minimum absolute atomic E-state index is 0.0358. The molecule has 6 nitrogen and oxygen atoms in total. The summed E-state index contributed by atoms with van der Waals surface area (Å²) < 4.78 is 5.41. The third-order valence-electron chi connectivity index (χ3n) is 4.04. The standard InChI is InChI=1S/C18H29N3O3/c1-2-20-18(23)14-24-17-7-5-15(6-8-17)11-19-12-16(22)13-21-9-3-4-10-21/h5-8,16,19,22H,2-4,9-14H2,1H3,(H,20,23)/t16-/m0/s1. The van der Waals surface area contributed by atoms with Crippen LogP contribution in [-0.4, -0.2) is 61.3 Å². The molecule has 1 aliphatic rings. The first-order chi connectivity index (χ1) is 11.7. The molecule has 1 aliphatic heterocycles. The molecular formula is C18H29N3O3. The van der Waals surface area contributed by atoms with Crippen molar-refractivity contribution in [2.75, 3.05) is 39.3 Å². The van der Waals surface area contributed by atoms with Crippen LogP contribution in [-0.2, 0) is 11.3 Å². The number of carbonyl (C=O) groups is 1. The maximum atomic E-state index is 11.3. The largest absolute Gasteiger partial charge is 0.484 e. The molecule has 1 heterocycles. The van der Waals surface area contributed by atoms with Gasteiger partial charge in [-0.15, -0.1) is 0 Å². The van der Waals surface area contributed by atoms with Crippen LogP contribution in [0, 0.1) is 0 Å². The molecule has 0 aromatic heterocycles. The van der Waals surface area contributed by atoms with Crippen LogP contribution in [0.1, 0.15) is 25.3 Å². The molecule has 134 valence electrons. The Kier molecular flexibility index (Phi) is 8.01. The van der Waals surface area contributed by atoms with Gasteiger partial charge in [-0.25, -0.2) is 0 Å². The summed E-state index contributed by atoms with van der Waals surface area (Å²) in [4.78, 5) is 13.7. The van der Waals surface area contributed by atoms with Crippen molar-refractivity contribution in [1.82, 2.24) is 15.5 Å². The highest BCUT2D eigenvalue weighted by atomic mass is 16.5. The van der Waals surface area contributed by atoms with Gasteiger partial charge in [-0.2, -0.15) is 0 Å². The van der Waals surface area contributed by atoms with Crippen LogP contribution >= 0.6 is 0 Å². The SMILES string of the molecule is CCNC(=O)COc1ccc(CNC[C@H](O)CN2CCCC2)cc1. The zero-order chi connectivity index (χ0) is 17.2. The second-order valence-electron chi connectivity index (χ2n) is 6.18. The van der Waals surface area contributed by atoms with Crippen LogP contribution in [0.3, 0.4) is 0 Å². The molecule has 0 bridgehead atoms. The van der Waals surface area contributed by atoms with Crippen molar-refractivity contribution in [2.24, 2.45) is 0 Å². The zero-order valence-electron chi connectivity index (χ0n) is 14.5. The summed E-state index contributed by atoms with van der Waals surface area (Å²) in [6, 6.07) is 7.65. The van der Waals surface area contributed by atoms with Gasteiger partial charge in [-0.1, -0.05) is 12.1 Å². The van der Waals surface area contributed by atoms with E-state index in [1.807, 2.05) is 31.2 Å². The van der Waals surface area contributed by atoms with Crippen LogP contribution < -0.4 is 15.4 Å². The number of aliphatic hydroxyl groups is 1. The van der Waals surface area contributed by atoms with Crippen LogP contribution in [0.5, 0.6) is 5.75 Å². The molecule has 24 heavy (non-hydrogen) atoms. The van der Waals surface area contributed by atoms with Crippen LogP contribution in [0.25, 0.3) is 0 Å². The maximum Gasteiger partial charge on any atom is 0.257 e. The van der Waals surface area contributed by atoms with E-state index in [0.29, 0.717) is 25.4 Å². The van der Waals surface area contributed by atoms with E-state index in [9.17, 15) is 9.90 Å². The van der Waals surface area contributed by atoms with E-state index < -0.39 is 0 Å². The van der Waals surface area contributed by atoms with Gasteiger partial charge >= 0.3 is 0 Å². The Morgan fingerprint density at radius 3 is 2.67 bits per heavy atom. The third kappa shape index (κ3) is 6.86. The molecule has 1 aromatic rings. The summed E-state index contributed by atoms with van der Waals surface area (Å²) in [5.74, 6) is 0.564. The molecule has 6 heteroatoms. The lowest BCUT2D eigenvalue weighted by molar-refractivity contribution is -0.122. The highest BCUT2D eigenvalue weighted by Crippen LogP contribution is 2.12. The number of likely N-dealkylation sites (tertiary alicyclic amines) is 1. The fourth-order valence-corrected chi connectivity index (χ4v) is 2.81. The zero-order valence-corrected chi connectivity index (χ0v) is 14.5. The summed E-state index contributed by atoms with van der Waals surface area (Å²) in [5, 5.41) is 16.0. The van der Waals surface area contributed by atoms with Crippen LogP contribution in [0.15, 0.2) is 24.3 Å². The number of benzene rings is 1. The van der Waals surface area contributed by atoms with E-state index in [0.717, 1.165) is 25.2 Å². The summed E-state index contributed by atoms with van der Waals surface area (Å²) >= 11 is 0. The second kappa shape index (κ2) is 10.3. The third-order valence-corrected chi connectivity index (χ3v) is 4.04. The number of nitrogens with one attached hydrogen (secondary N) is 2. The summed E-state index contributed by atoms with van der Waals surface area (Å²) in [5.41, 5.74) is 1.12. The van der Waals surface area contributed by atoms with E-state index in [-0.39, 0.29) is 18.6 Å². The Morgan fingerprint density at radius 1 is 1.29 bits per heavy atom. The Hall–Kier alpha value is -1.63. The Labute approximate surface area is 144 Å². The molecule has 0 spiro atoms. The van der Waals surface area contributed by atoms with Gasteiger partial charge in [0.15, 0.2) is 6.61 Å². The molecule has 1 amide bonds. The number of hydrogen-bond acceptors (Lipinski definition) is 5. The quantitative estimate of drug-likeness (QED) is 0.588. The topological polar surface area (TPSA) is 73.8 Å². The van der Waals surface area contributed by atoms with E-state index in [4.69, 9.17) is 4.74 Å². The van der Waals surface area contributed by atoms with Crippen molar-refractivity contribution >= 4 is 5.91 Å². The van der Waals surface area contributed by atoms with Gasteiger partial charge in [0.05, 0.1) is 6.10 Å². The van der Waals surface area contributed by atoms with Crippen LogP contribution in [0.2, 0.25) is 0 Å². The molecule has 0 aliphatic carbocycles. The first kappa shape index (κ1) is 18.7. The monoisotopic (exact) mass is 335 g/mol. The lowest BCUT2D eigenvalue weighted by atomic mass is 10.2. The van der Waals surface area contributed by atoms with Crippen molar-refractivity contribution in [2.45, 2.75) is 32.4 Å². The van der Waals surface area contributed by atoms with Crippen molar-refractivity contribution in [1.29, 1.82) is 0 Å². The van der Waals surface area contributed by atoms with Crippen LogP contribution in [0.4, 0.5) is 0 Å². The molecule has 0 saturated carbocycles. The molecule has 2 rings (SSSR count). The van der Waals surface area contributed by atoms with Gasteiger partial charge in [0.2, 0.25) is 0 Å². The molecular weight excluding hydrogens is 306 g/mol. The second-order valence-corrected chi connectivity index (χ2v) is 6.18. The predicted octanol–water partition coefficient (Wildman–Crippen LogP) is 0.748. The predicted molar refractivity (Wildman–Crippen MR) is 94.0 cm³/mol. The number of β-amino-alcohol motifs (C(OH)–C–C–N with tert-alkyl or cyclic N) is 1. The van der Waals surface area contributed by atoms with Crippen molar-refractivity contribution in [3.05, 3.63) is 29.8 Å². The van der Waals surface area contributed by atoms with Crippen molar-refractivity contribution < 1.29 is 14.6 Å². The van der Waals surface area contributed by atoms with E-state index in [1.54, 1.807) is 0 Å². The number of amides is 1. The smallest absolute Gasteiger partial charge is 0.257 e. The van der Waals surface area contributed by atoms with Crippen molar-refractivity contribution in [3.8, 4) is 5.75 Å². The summed E-state index contributed by atoms with van der Waals surface area (Å²) in [6.07, 6.45) is 2.16. The van der Waals surface area contributed by atoms with Crippen molar-refractivity contribution in [3.63, 3.8) is 0 Å². The van der Waals surface area contributed by atoms with Gasteiger partial charge in [0, 0.05) is 26.2 Å². The molecule has 3 N–H and O–H groups in total. The van der Waals surface area contributed by atoms with E-state index in [1.165, 1.54) is 12.8 Å². The maximum absolute atomic E-state index is 11.3. The Bertz CT molecular complexity index is 487. The average Bonchev–Trinajstić information content (AvgIpc) is 3.07. The average molecular weight is 335 g/mol. The lowest BCUT2D eigenvalue weighted by Gasteiger charge is -2.19. The lowest BCUT2D eigenvalue weighted by Crippen LogP contribution is -2.36. The number of aliphatic hydroxyl groups excluding tert-OH is 1. The van der Waals surface area contributed by atoms with Gasteiger partial charge in [-0.3, -0.25) is 4.79 Å². The molecule has 1 aromatic carbocycles. The number of hydrogen-bond donors (Lipinski definition) is 3. The Morgan fingerprint density at radius 2 is 2.00 bits per heavy atom. The Balaban J connectivity index is 1.63. The fourth-order valence-electron chi connectivity index (χ4n) is 2.81. The highest BCUT2D eigenvalue weighted by Gasteiger charge is 2.15. The first-order valence-corrected chi connectivity index (χ1v) is 8.77.